The van der Waals surface area contributed by atoms with Gasteiger partial charge < -0.3 is 19.3 Å². The lowest BCUT2D eigenvalue weighted by atomic mass is 9.83. The van der Waals surface area contributed by atoms with Crippen molar-refractivity contribution in [1.29, 1.82) is 0 Å². The van der Waals surface area contributed by atoms with Gasteiger partial charge in [0.15, 0.2) is 0 Å². The Kier molecular flexibility index (Phi) is 7.81. The van der Waals surface area contributed by atoms with Crippen LogP contribution in [-0.4, -0.2) is 79.4 Å². The zero-order valence-electron chi connectivity index (χ0n) is 16.8. The summed E-state index contributed by atoms with van der Waals surface area (Å²) in [5.74, 6) is -2.04. The minimum atomic E-state index is -5.08. The Balaban J connectivity index is 0.000000298. The average molecular weight is 423 g/mol. The summed E-state index contributed by atoms with van der Waals surface area (Å²) in [5.41, 5.74) is 0.126. The molecular weight excluding hydrogens is 391 g/mol. The lowest BCUT2D eigenvalue weighted by molar-refractivity contribution is -0.206. The van der Waals surface area contributed by atoms with Crippen LogP contribution < -0.4 is 0 Å². The molecule has 29 heavy (non-hydrogen) atoms. The molecule has 1 aliphatic carbocycles. The summed E-state index contributed by atoms with van der Waals surface area (Å²) in [5, 5.41) is 7.12. The Bertz CT molecular complexity index is 527. The Morgan fingerprint density at radius 2 is 1.69 bits per heavy atom. The van der Waals surface area contributed by atoms with Crippen LogP contribution in [0.2, 0.25) is 0 Å². The van der Waals surface area contributed by atoms with Gasteiger partial charge >= 0.3 is 12.1 Å². The lowest BCUT2D eigenvalue weighted by Gasteiger charge is -2.55. The van der Waals surface area contributed by atoms with E-state index in [9.17, 15) is 13.2 Å². The second kappa shape index (κ2) is 9.94. The van der Waals surface area contributed by atoms with Gasteiger partial charge in [-0.05, 0) is 38.0 Å². The quantitative estimate of drug-likeness (QED) is 0.749. The number of halogens is 3. The van der Waals surface area contributed by atoms with Gasteiger partial charge in [-0.1, -0.05) is 12.8 Å². The van der Waals surface area contributed by atoms with Crippen LogP contribution in [0.3, 0.4) is 0 Å². The first-order chi connectivity index (χ1) is 13.8. The fourth-order valence-electron chi connectivity index (χ4n) is 4.75. The number of hydrogen-bond donors (Lipinski definition) is 1. The molecule has 9 heteroatoms. The molecule has 1 atom stereocenters. The van der Waals surface area contributed by atoms with Gasteiger partial charge in [0, 0.05) is 52.0 Å². The first-order valence-electron chi connectivity index (χ1n) is 10.6. The van der Waals surface area contributed by atoms with Crippen molar-refractivity contribution in [2.75, 3.05) is 39.5 Å². The fraction of sp³-hybridized carbons (Fsp3) is 0.950. The van der Waals surface area contributed by atoms with E-state index in [2.05, 4.69) is 4.90 Å². The van der Waals surface area contributed by atoms with Crippen molar-refractivity contribution < 1.29 is 37.3 Å². The third-order valence-electron chi connectivity index (χ3n) is 6.42. The summed E-state index contributed by atoms with van der Waals surface area (Å²) in [7, 11) is 0. The largest absolute Gasteiger partial charge is 0.490 e. The number of carboxylic acid groups (broad SMARTS) is 1. The smallest absolute Gasteiger partial charge is 0.475 e. The van der Waals surface area contributed by atoms with E-state index < -0.39 is 12.1 Å². The minimum absolute atomic E-state index is 0.126. The number of ether oxygens (including phenoxy) is 3. The van der Waals surface area contributed by atoms with Crippen molar-refractivity contribution in [3.63, 3.8) is 0 Å². The van der Waals surface area contributed by atoms with E-state index in [1.807, 2.05) is 0 Å². The molecule has 0 aromatic heterocycles. The molecule has 1 N–H and O–H groups in total. The maximum absolute atomic E-state index is 10.6. The highest BCUT2D eigenvalue weighted by Crippen LogP contribution is 2.39. The number of aliphatic carboxylic acids is 1. The van der Waals surface area contributed by atoms with Gasteiger partial charge in [-0.3, -0.25) is 4.90 Å². The van der Waals surface area contributed by atoms with E-state index in [1.165, 1.54) is 38.5 Å². The van der Waals surface area contributed by atoms with Gasteiger partial charge in [-0.25, -0.2) is 4.79 Å². The van der Waals surface area contributed by atoms with Crippen LogP contribution >= 0.6 is 0 Å². The maximum Gasteiger partial charge on any atom is 0.490 e. The number of rotatable bonds is 4. The standard InChI is InChI=1S/C18H31NO3.C2HF3O2/c1-2-4-16(3-1)19-13-18(14-19)11-17(7-10-22-18)21-12-15-5-8-20-9-6-15;3-2(4,5)1(6)7/h15-17H,1-14H2;(H,6,7). The third kappa shape index (κ3) is 6.54. The highest BCUT2D eigenvalue weighted by atomic mass is 19.4. The van der Waals surface area contributed by atoms with Gasteiger partial charge in [0.2, 0.25) is 0 Å². The molecular formula is C20H32F3NO5. The number of carboxylic acids is 1. The van der Waals surface area contributed by atoms with Crippen LogP contribution in [0.15, 0.2) is 0 Å². The molecule has 3 aliphatic heterocycles. The van der Waals surface area contributed by atoms with Crippen LogP contribution in [-0.2, 0) is 19.0 Å². The summed E-state index contributed by atoms with van der Waals surface area (Å²) >= 11 is 0. The van der Waals surface area contributed by atoms with Crippen molar-refractivity contribution in [3.05, 3.63) is 0 Å². The molecule has 168 valence electrons. The molecule has 6 nitrogen and oxygen atoms in total. The van der Waals surface area contributed by atoms with Gasteiger partial charge in [0.25, 0.3) is 0 Å². The monoisotopic (exact) mass is 423 g/mol. The molecule has 0 aromatic rings. The minimum Gasteiger partial charge on any atom is -0.475 e. The topological polar surface area (TPSA) is 68.2 Å². The predicted octanol–water partition coefficient (Wildman–Crippen LogP) is 3.24. The summed E-state index contributed by atoms with van der Waals surface area (Å²) in [6.07, 6.45) is 5.51. The first-order valence-corrected chi connectivity index (χ1v) is 10.6. The van der Waals surface area contributed by atoms with Gasteiger partial charge in [0.1, 0.15) is 0 Å². The molecule has 4 fully saturated rings. The van der Waals surface area contributed by atoms with Crippen LogP contribution in [0, 0.1) is 5.92 Å². The summed E-state index contributed by atoms with van der Waals surface area (Å²) in [6.45, 7) is 5.95. The molecule has 1 spiro atoms. The van der Waals surface area contributed by atoms with Gasteiger partial charge in [0.05, 0.1) is 11.7 Å². The number of likely N-dealkylation sites (tertiary alicyclic amines) is 1. The Hall–Kier alpha value is -0.900. The number of nitrogens with zero attached hydrogens (tertiary/aromatic N) is 1. The molecule has 4 rings (SSSR count). The highest BCUT2D eigenvalue weighted by molar-refractivity contribution is 5.73. The molecule has 0 aromatic carbocycles. The zero-order valence-corrected chi connectivity index (χ0v) is 16.8. The second-order valence-corrected chi connectivity index (χ2v) is 8.68. The van der Waals surface area contributed by atoms with Gasteiger partial charge in [-0.2, -0.15) is 13.2 Å². The normalized spacial score (nSPS) is 28.6. The lowest BCUT2D eigenvalue weighted by Crippen LogP contribution is -2.67. The summed E-state index contributed by atoms with van der Waals surface area (Å²) in [6, 6.07) is 0.845. The molecule has 3 heterocycles. The molecule has 0 bridgehead atoms. The van der Waals surface area contributed by atoms with Crippen LogP contribution in [0.1, 0.15) is 51.4 Å². The van der Waals surface area contributed by atoms with E-state index in [1.54, 1.807) is 0 Å². The van der Waals surface area contributed by atoms with E-state index in [0.29, 0.717) is 12.0 Å². The highest BCUT2D eigenvalue weighted by Gasteiger charge is 2.49. The Morgan fingerprint density at radius 3 is 2.28 bits per heavy atom. The van der Waals surface area contributed by atoms with Gasteiger partial charge in [-0.15, -0.1) is 0 Å². The molecule has 1 unspecified atom stereocenters. The summed E-state index contributed by atoms with van der Waals surface area (Å²) in [4.78, 5) is 11.6. The van der Waals surface area contributed by atoms with Crippen molar-refractivity contribution in [2.24, 2.45) is 5.92 Å². The maximum atomic E-state index is 10.6. The van der Waals surface area contributed by atoms with Crippen molar-refractivity contribution >= 4 is 5.97 Å². The van der Waals surface area contributed by atoms with Crippen LogP contribution in [0.4, 0.5) is 13.2 Å². The second-order valence-electron chi connectivity index (χ2n) is 8.68. The van der Waals surface area contributed by atoms with Crippen molar-refractivity contribution in [3.8, 4) is 0 Å². The van der Waals surface area contributed by atoms with Crippen LogP contribution in [0.5, 0.6) is 0 Å². The van der Waals surface area contributed by atoms with E-state index in [-0.39, 0.29) is 5.60 Å². The SMILES string of the molecule is C1CCC(N2CC3(CC(OCC4CCOCC4)CCO3)C2)C1.O=C(O)C(F)(F)F. The first kappa shape index (κ1) is 22.8. The average Bonchev–Trinajstić information content (AvgIpc) is 3.19. The number of alkyl halides is 3. The van der Waals surface area contributed by atoms with Crippen molar-refractivity contribution in [2.45, 2.75) is 75.3 Å². The predicted molar refractivity (Wildman–Crippen MR) is 98.7 cm³/mol. The molecule has 0 amide bonds. The number of carbonyl (C=O) groups is 1. The summed E-state index contributed by atoms with van der Waals surface area (Å²) < 4.78 is 49.6. The van der Waals surface area contributed by atoms with E-state index in [0.717, 1.165) is 58.4 Å². The molecule has 1 saturated carbocycles. The molecule has 4 aliphatic rings. The third-order valence-corrected chi connectivity index (χ3v) is 6.42. The van der Waals surface area contributed by atoms with Crippen molar-refractivity contribution in [1.82, 2.24) is 4.90 Å². The molecule has 0 radical (unpaired) electrons. The van der Waals surface area contributed by atoms with E-state index in [4.69, 9.17) is 24.1 Å². The fourth-order valence-corrected chi connectivity index (χ4v) is 4.75. The van der Waals surface area contributed by atoms with E-state index >= 15 is 0 Å². The zero-order chi connectivity index (χ0) is 20.9. The van der Waals surface area contributed by atoms with Crippen LogP contribution in [0.25, 0.3) is 0 Å². The number of hydrogen-bond acceptors (Lipinski definition) is 5. The Labute approximate surface area is 169 Å². The Morgan fingerprint density at radius 1 is 1.07 bits per heavy atom. The molecule has 3 saturated heterocycles.